The lowest BCUT2D eigenvalue weighted by Gasteiger charge is -2.18. The summed E-state index contributed by atoms with van der Waals surface area (Å²) >= 11 is 0. The summed E-state index contributed by atoms with van der Waals surface area (Å²) in [6.45, 7) is 6.76. The van der Waals surface area contributed by atoms with Crippen molar-refractivity contribution in [1.82, 2.24) is 0 Å². The summed E-state index contributed by atoms with van der Waals surface area (Å²) in [5, 5.41) is 0. The van der Waals surface area contributed by atoms with Gasteiger partial charge in [0.2, 0.25) is 0 Å². The van der Waals surface area contributed by atoms with Crippen molar-refractivity contribution in [2.75, 3.05) is 0 Å². The molecule has 2 nitrogen and oxygen atoms in total. The Kier molecular flexibility index (Phi) is 26.3. The topological polar surface area (TPSA) is 26.3 Å². The summed E-state index contributed by atoms with van der Waals surface area (Å²) < 4.78 is 5.84. The van der Waals surface area contributed by atoms with Crippen LogP contribution in [0.1, 0.15) is 181 Å². The molecule has 0 bridgehead atoms. The maximum atomic E-state index is 12.3. The van der Waals surface area contributed by atoms with Crippen LogP contribution in [0.5, 0.6) is 0 Å². The largest absolute Gasteiger partial charge is 0.462 e. The van der Waals surface area contributed by atoms with Gasteiger partial charge >= 0.3 is 5.97 Å². The van der Waals surface area contributed by atoms with E-state index in [2.05, 4.69) is 20.8 Å². The Bertz CT molecular complexity index is 366. The van der Waals surface area contributed by atoms with Gasteiger partial charge in [0.05, 0.1) is 0 Å². The third-order valence-electron chi connectivity index (χ3n) is 6.79. The molecule has 0 amide bonds. The smallest absolute Gasteiger partial charge is 0.306 e. The van der Waals surface area contributed by atoms with Gasteiger partial charge in [0.1, 0.15) is 6.10 Å². The van der Waals surface area contributed by atoms with E-state index in [0.29, 0.717) is 6.42 Å². The number of carbonyl (C=O) groups excluding carboxylic acids is 1. The molecular formula is C30H60O2. The molecule has 0 aliphatic rings. The lowest BCUT2D eigenvalue weighted by atomic mass is 10.0. The van der Waals surface area contributed by atoms with Crippen LogP contribution in [0.4, 0.5) is 0 Å². The zero-order valence-corrected chi connectivity index (χ0v) is 22.6. The van der Waals surface area contributed by atoms with Crippen LogP contribution in [-0.2, 0) is 9.53 Å². The first kappa shape index (κ1) is 31.5. The molecule has 0 rings (SSSR count). The lowest BCUT2D eigenvalue weighted by molar-refractivity contribution is -0.150. The van der Waals surface area contributed by atoms with Crippen LogP contribution in [0.25, 0.3) is 0 Å². The quantitative estimate of drug-likeness (QED) is 0.0963. The molecule has 0 radical (unpaired) electrons. The van der Waals surface area contributed by atoms with Gasteiger partial charge in [-0.3, -0.25) is 4.79 Å². The summed E-state index contributed by atoms with van der Waals surface area (Å²) in [6, 6.07) is 0. The van der Waals surface area contributed by atoms with E-state index in [4.69, 9.17) is 4.74 Å². The second-order valence-electron chi connectivity index (χ2n) is 10.2. The number of esters is 1. The van der Waals surface area contributed by atoms with E-state index < -0.39 is 0 Å². The number of unbranched alkanes of at least 4 members (excludes halogenated alkanes) is 19. The molecule has 0 aliphatic heterocycles. The SMILES string of the molecule is CCCCCCCCCCCCCCCCCC(=O)OC(CCCC)CCCCCCC. The van der Waals surface area contributed by atoms with Crippen molar-refractivity contribution in [3.05, 3.63) is 0 Å². The van der Waals surface area contributed by atoms with Crippen LogP contribution in [0, 0.1) is 0 Å². The first-order valence-corrected chi connectivity index (χ1v) is 14.9. The first-order chi connectivity index (χ1) is 15.7. The summed E-state index contributed by atoms with van der Waals surface area (Å²) in [7, 11) is 0. The van der Waals surface area contributed by atoms with Crippen LogP contribution < -0.4 is 0 Å². The molecule has 0 aliphatic carbocycles. The predicted molar refractivity (Wildman–Crippen MR) is 142 cm³/mol. The minimum absolute atomic E-state index is 0.0503. The molecule has 2 heteroatoms. The van der Waals surface area contributed by atoms with Crippen molar-refractivity contribution in [2.45, 2.75) is 187 Å². The Hall–Kier alpha value is -0.530. The minimum Gasteiger partial charge on any atom is -0.462 e. The summed E-state index contributed by atoms with van der Waals surface area (Å²) in [5.41, 5.74) is 0. The van der Waals surface area contributed by atoms with Gasteiger partial charge in [-0.15, -0.1) is 0 Å². The molecule has 0 saturated heterocycles. The molecule has 0 spiro atoms. The van der Waals surface area contributed by atoms with Crippen molar-refractivity contribution in [3.8, 4) is 0 Å². The van der Waals surface area contributed by atoms with Gasteiger partial charge < -0.3 is 4.74 Å². The van der Waals surface area contributed by atoms with Gasteiger partial charge in [-0.05, 0) is 25.7 Å². The average Bonchev–Trinajstić information content (AvgIpc) is 2.79. The number of carbonyl (C=O) groups is 1. The molecular weight excluding hydrogens is 392 g/mol. The number of ether oxygens (including phenoxy) is 1. The Labute approximate surface area is 203 Å². The molecule has 192 valence electrons. The molecule has 32 heavy (non-hydrogen) atoms. The first-order valence-electron chi connectivity index (χ1n) is 14.9. The highest BCUT2D eigenvalue weighted by Crippen LogP contribution is 2.17. The van der Waals surface area contributed by atoms with E-state index in [-0.39, 0.29) is 12.1 Å². The summed E-state index contributed by atoms with van der Waals surface area (Å²) in [4.78, 5) is 12.3. The lowest BCUT2D eigenvalue weighted by Crippen LogP contribution is -2.18. The van der Waals surface area contributed by atoms with Crippen molar-refractivity contribution in [1.29, 1.82) is 0 Å². The second-order valence-corrected chi connectivity index (χ2v) is 10.2. The zero-order valence-electron chi connectivity index (χ0n) is 22.6. The van der Waals surface area contributed by atoms with Crippen molar-refractivity contribution < 1.29 is 9.53 Å². The fourth-order valence-corrected chi connectivity index (χ4v) is 4.56. The van der Waals surface area contributed by atoms with Crippen LogP contribution in [0.3, 0.4) is 0 Å². The molecule has 0 aromatic carbocycles. The number of hydrogen-bond acceptors (Lipinski definition) is 2. The highest BCUT2D eigenvalue weighted by atomic mass is 16.5. The van der Waals surface area contributed by atoms with Crippen molar-refractivity contribution >= 4 is 5.97 Å². The molecule has 0 aromatic heterocycles. The minimum atomic E-state index is 0.0503. The number of hydrogen-bond donors (Lipinski definition) is 0. The Morgan fingerprint density at radius 2 is 0.812 bits per heavy atom. The zero-order chi connectivity index (χ0) is 23.5. The Morgan fingerprint density at radius 1 is 0.469 bits per heavy atom. The van der Waals surface area contributed by atoms with Crippen LogP contribution in [0.15, 0.2) is 0 Å². The molecule has 1 unspecified atom stereocenters. The van der Waals surface area contributed by atoms with E-state index in [1.54, 1.807) is 0 Å². The van der Waals surface area contributed by atoms with Crippen LogP contribution in [0.2, 0.25) is 0 Å². The summed E-state index contributed by atoms with van der Waals surface area (Å²) in [6.07, 6.45) is 32.1. The van der Waals surface area contributed by atoms with Crippen LogP contribution >= 0.6 is 0 Å². The number of rotatable bonds is 26. The molecule has 1 atom stereocenters. The molecule has 0 fully saturated rings. The van der Waals surface area contributed by atoms with Crippen molar-refractivity contribution in [2.24, 2.45) is 0 Å². The van der Waals surface area contributed by atoms with Gasteiger partial charge in [-0.1, -0.05) is 149 Å². The Balaban J connectivity index is 3.53. The predicted octanol–water partition coefficient (Wildman–Crippen LogP) is 10.7. The van der Waals surface area contributed by atoms with E-state index in [1.165, 1.54) is 135 Å². The maximum absolute atomic E-state index is 12.3. The van der Waals surface area contributed by atoms with Gasteiger partial charge in [-0.2, -0.15) is 0 Å². The molecule has 0 aromatic rings. The van der Waals surface area contributed by atoms with E-state index in [9.17, 15) is 4.79 Å². The molecule has 0 heterocycles. The summed E-state index contributed by atoms with van der Waals surface area (Å²) in [5.74, 6) is 0.0503. The fraction of sp³-hybridized carbons (Fsp3) is 0.967. The van der Waals surface area contributed by atoms with Gasteiger partial charge in [0, 0.05) is 6.42 Å². The van der Waals surface area contributed by atoms with E-state index in [1.807, 2.05) is 0 Å². The molecule has 0 N–H and O–H groups in total. The molecule has 0 saturated carbocycles. The fourth-order valence-electron chi connectivity index (χ4n) is 4.56. The highest BCUT2D eigenvalue weighted by Gasteiger charge is 2.13. The average molecular weight is 453 g/mol. The monoisotopic (exact) mass is 452 g/mol. The van der Waals surface area contributed by atoms with E-state index in [0.717, 1.165) is 19.3 Å². The van der Waals surface area contributed by atoms with Gasteiger partial charge in [0.15, 0.2) is 0 Å². The van der Waals surface area contributed by atoms with E-state index >= 15 is 0 Å². The van der Waals surface area contributed by atoms with Gasteiger partial charge in [-0.25, -0.2) is 0 Å². The van der Waals surface area contributed by atoms with Crippen molar-refractivity contribution in [3.63, 3.8) is 0 Å². The maximum Gasteiger partial charge on any atom is 0.306 e. The Morgan fingerprint density at radius 3 is 1.25 bits per heavy atom. The third kappa shape index (κ3) is 24.1. The third-order valence-corrected chi connectivity index (χ3v) is 6.79. The second kappa shape index (κ2) is 26.7. The normalized spacial score (nSPS) is 12.2. The van der Waals surface area contributed by atoms with Gasteiger partial charge in [0.25, 0.3) is 0 Å². The highest BCUT2D eigenvalue weighted by molar-refractivity contribution is 5.69. The standard InChI is InChI=1S/C30H60O2/c1-4-7-10-12-13-14-15-16-17-18-19-20-21-23-25-28-30(31)32-29(26-9-6-3)27-24-22-11-8-5-2/h29H,4-28H2,1-3H3. The van der Waals surface area contributed by atoms with Crippen LogP contribution in [-0.4, -0.2) is 12.1 Å².